The number of thiazole rings is 1. The molecular formula is C19H20N4O2S. The van der Waals surface area contributed by atoms with Crippen LogP contribution in [0.2, 0.25) is 0 Å². The summed E-state index contributed by atoms with van der Waals surface area (Å²) in [5.41, 5.74) is 2.04. The van der Waals surface area contributed by atoms with Crippen LogP contribution in [0.25, 0.3) is 11.3 Å². The first-order valence-corrected chi connectivity index (χ1v) is 9.10. The molecule has 0 fully saturated rings. The fourth-order valence-corrected chi connectivity index (χ4v) is 3.25. The number of hydrogen-bond acceptors (Lipinski definition) is 5. The molecule has 1 aromatic carbocycles. The van der Waals surface area contributed by atoms with Gasteiger partial charge in [-0.05, 0) is 6.07 Å². The number of benzene rings is 1. The summed E-state index contributed by atoms with van der Waals surface area (Å²) in [6.07, 6.45) is 0. The third-order valence-electron chi connectivity index (χ3n) is 3.75. The van der Waals surface area contributed by atoms with Crippen LogP contribution < -0.4 is 10.9 Å². The third kappa shape index (κ3) is 4.23. The van der Waals surface area contributed by atoms with Crippen LogP contribution in [0.1, 0.15) is 26.5 Å². The average molecular weight is 368 g/mol. The van der Waals surface area contributed by atoms with Crippen molar-refractivity contribution in [3.8, 4) is 11.3 Å². The quantitative estimate of drug-likeness (QED) is 0.766. The maximum absolute atomic E-state index is 12.3. The molecule has 0 saturated carbocycles. The van der Waals surface area contributed by atoms with E-state index in [-0.39, 0.29) is 23.4 Å². The Morgan fingerprint density at radius 2 is 1.88 bits per heavy atom. The van der Waals surface area contributed by atoms with Gasteiger partial charge in [0.15, 0.2) is 5.13 Å². The maximum Gasteiger partial charge on any atom is 0.267 e. The van der Waals surface area contributed by atoms with Gasteiger partial charge in [0.1, 0.15) is 6.54 Å². The molecule has 26 heavy (non-hydrogen) atoms. The van der Waals surface area contributed by atoms with Gasteiger partial charge in [0.2, 0.25) is 5.91 Å². The number of nitrogens with one attached hydrogen (secondary N) is 1. The summed E-state index contributed by atoms with van der Waals surface area (Å²) in [5, 5.41) is 9.48. The van der Waals surface area contributed by atoms with Crippen molar-refractivity contribution in [1.82, 2.24) is 14.8 Å². The minimum Gasteiger partial charge on any atom is -0.300 e. The lowest BCUT2D eigenvalue weighted by molar-refractivity contribution is -0.117. The highest BCUT2D eigenvalue weighted by Crippen LogP contribution is 2.26. The first kappa shape index (κ1) is 18.0. The van der Waals surface area contributed by atoms with Crippen molar-refractivity contribution in [2.45, 2.75) is 32.7 Å². The van der Waals surface area contributed by atoms with Crippen molar-refractivity contribution < 1.29 is 4.79 Å². The minimum absolute atomic E-state index is 0.0814. The Kier molecular flexibility index (Phi) is 4.99. The Morgan fingerprint density at radius 1 is 1.15 bits per heavy atom. The summed E-state index contributed by atoms with van der Waals surface area (Å²) in [6.45, 7) is 6.02. The number of amides is 1. The normalized spacial score (nSPS) is 11.3. The van der Waals surface area contributed by atoms with Crippen LogP contribution in [-0.2, 0) is 16.8 Å². The van der Waals surface area contributed by atoms with Gasteiger partial charge in [-0.3, -0.25) is 9.59 Å². The maximum atomic E-state index is 12.3. The number of carbonyl (C=O) groups excluding carboxylic acids is 1. The SMILES string of the molecule is CC(C)(C)c1csc(NC(=O)Cn2nc(-c3ccccc3)ccc2=O)n1. The van der Waals surface area contributed by atoms with Gasteiger partial charge in [-0.25, -0.2) is 9.67 Å². The fraction of sp³-hybridized carbons (Fsp3) is 0.263. The van der Waals surface area contributed by atoms with E-state index in [0.717, 1.165) is 15.9 Å². The number of nitrogens with zero attached hydrogens (tertiary/aromatic N) is 3. The van der Waals surface area contributed by atoms with E-state index in [1.807, 2.05) is 35.7 Å². The Balaban J connectivity index is 1.75. The molecule has 2 heterocycles. The number of hydrogen-bond donors (Lipinski definition) is 1. The van der Waals surface area contributed by atoms with E-state index in [9.17, 15) is 9.59 Å². The summed E-state index contributed by atoms with van der Waals surface area (Å²) in [4.78, 5) is 28.8. The lowest BCUT2D eigenvalue weighted by Crippen LogP contribution is -2.29. The molecule has 7 heteroatoms. The van der Waals surface area contributed by atoms with E-state index in [1.165, 1.54) is 17.4 Å². The van der Waals surface area contributed by atoms with Crippen molar-refractivity contribution >= 4 is 22.4 Å². The van der Waals surface area contributed by atoms with Crippen LogP contribution in [0.5, 0.6) is 0 Å². The molecule has 6 nitrogen and oxygen atoms in total. The van der Waals surface area contributed by atoms with Gasteiger partial charge < -0.3 is 5.32 Å². The molecule has 0 aliphatic carbocycles. The van der Waals surface area contributed by atoms with Crippen molar-refractivity contribution in [3.63, 3.8) is 0 Å². The topological polar surface area (TPSA) is 76.9 Å². The Morgan fingerprint density at radius 3 is 2.54 bits per heavy atom. The molecule has 0 saturated heterocycles. The van der Waals surface area contributed by atoms with Gasteiger partial charge >= 0.3 is 0 Å². The molecule has 0 unspecified atom stereocenters. The second-order valence-electron chi connectivity index (χ2n) is 6.92. The molecule has 134 valence electrons. The standard InChI is InChI=1S/C19H20N4O2S/c1-19(2,3)15-12-26-18(20-15)21-16(24)11-23-17(25)10-9-14(22-23)13-7-5-4-6-8-13/h4-10,12H,11H2,1-3H3,(H,20,21,24). The second kappa shape index (κ2) is 7.21. The molecular weight excluding hydrogens is 348 g/mol. The van der Waals surface area contributed by atoms with Crippen molar-refractivity contribution in [2.75, 3.05) is 5.32 Å². The Hall–Kier alpha value is -2.80. The zero-order chi connectivity index (χ0) is 18.7. The van der Waals surface area contributed by atoms with Crippen LogP contribution in [0.15, 0.2) is 52.6 Å². The highest BCUT2D eigenvalue weighted by Gasteiger charge is 2.18. The second-order valence-corrected chi connectivity index (χ2v) is 7.77. The summed E-state index contributed by atoms with van der Waals surface area (Å²) in [5.74, 6) is -0.334. The molecule has 0 spiro atoms. The first-order valence-electron chi connectivity index (χ1n) is 8.22. The van der Waals surface area contributed by atoms with Crippen molar-refractivity contribution in [2.24, 2.45) is 0 Å². The number of aromatic nitrogens is 3. The molecule has 2 aromatic heterocycles. The number of carbonyl (C=O) groups is 1. The van der Waals surface area contributed by atoms with Gasteiger partial charge in [0, 0.05) is 22.4 Å². The molecule has 0 aliphatic heterocycles. The predicted molar refractivity (Wildman–Crippen MR) is 103 cm³/mol. The van der Waals surface area contributed by atoms with E-state index in [0.29, 0.717) is 10.8 Å². The van der Waals surface area contributed by atoms with Crippen LogP contribution in [0.4, 0.5) is 5.13 Å². The first-order chi connectivity index (χ1) is 12.3. The van der Waals surface area contributed by atoms with Crippen LogP contribution in [0.3, 0.4) is 0 Å². The van der Waals surface area contributed by atoms with E-state index in [4.69, 9.17) is 0 Å². The third-order valence-corrected chi connectivity index (χ3v) is 4.51. The number of rotatable bonds is 4. The summed E-state index contributed by atoms with van der Waals surface area (Å²) in [6, 6.07) is 12.6. The van der Waals surface area contributed by atoms with E-state index in [2.05, 4.69) is 36.2 Å². The zero-order valence-electron chi connectivity index (χ0n) is 14.9. The largest absolute Gasteiger partial charge is 0.300 e. The van der Waals surface area contributed by atoms with E-state index >= 15 is 0 Å². The lowest BCUT2D eigenvalue weighted by atomic mass is 9.93. The Bertz CT molecular complexity index is 971. The summed E-state index contributed by atoms with van der Waals surface area (Å²) in [7, 11) is 0. The Labute approximate surface area is 155 Å². The summed E-state index contributed by atoms with van der Waals surface area (Å²) < 4.78 is 1.16. The summed E-state index contributed by atoms with van der Waals surface area (Å²) >= 11 is 1.37. The van der Waals surface area contributed by atoms with Crippen LogP contribution in [-0.4, -0.2) is 20.7 Å². The molecule has 1 N–H and O–H groups in total. The van der Waals surface area contributed by atoms with Gasteiger partial charge in [-0.1, -0.05) is 51.1 Å². The fourth-order valence-electron chi connectivity index (χ4n) is 2.30. The lowest BCUT2D eigenvalue weighted by Gasteiger charge is -2.14. The van der Waals surface area contributed by atoms with E-state index < -0.39 is 0 Å². The van der Waals surface area contributed by atoms with Crippen LogP contribution in [0, 0.1) is 0 Å². The van der Waals surface area contributed by atoms with Gasteiger partial charge in [0.25, 0.3) is 5.56 Å². The molecule has 3 aromatic rings. The predicted octanol–water partition coefficient (Wildman–Crippen LogP) is 3.30. The number of anilines is 1. The molecule has 0 bridgehead atoms. The van der Waals surface area contributed by atoms with Gasteiger partial charge in [0.05, 0.1) is 11.4 Å². The minimum atomic E-state index is -0.334. The molecule has 3 rings (SSSR count). The molecule has 1 amide bonds. The average Bonchev–Trinajstić information content (AvgIpc) is 3.06. The van der Waals surface area contributed by atoms with Crippen LogP contribution >= 0.6 is 11.3 Å². The van der Waals surface area contributed by atoms with E-state index in [1.54, 1.807) is 6.07 Å². The smallest absolute Gasteiger partial charge is 0.267 e. The zero-order valence-corrected chi connectivity index (χ0v) is 15.7. The molecule has 0 aliphatic rings. The van der Waals surface area contributed by atoms with Crippen molar-refractivity contribution in [1.29, 1.82) is 0 Å². The highest BCUT2D eigenvalue weighted by atomic mass is 32.1. The monoisotopic (exact) mass is 368 g/mol. The van der Waals surface area contributed by atoms with Crippen molar-refractivity contribution in [3.05, 3.63) is 63.9 Å². The molecule has 0 atom stereocenters. The van der Waals surface area contributed by atoms with Gasteiger partial charge in [-0.2, -0.15) is 5.10 Å². The highest BCUT2D eigenvalue weighted by molar-refractivity contribution is 7.13. The van der Waals surface area contributed by atoms with Gasteiger partial charge in [-0.15, -0.1) is 11.3 Å². The molecule has 0 radical (unpaired) electrons.